The zero-order chi connectivity index (χ0) is 12.3. The summed E-state index contributed by atoms with van der Waals surface area (Å²) in [6, 6.07) is 0.357. The third-order valence-electron chi connectivity index (χ3n) is 4.15. The van der Waals surface area contributed by atoms with E-state index in [4.69, 9.17) is 5.11 Å². The zero-order valence-corrected chi connectivity index (χ0v) is 10.7. The van der Waals surface area contributed by atoms with Crippen molar-refractivity contribution in [1.82, 2.24) is 10.2 Å². The Kier molecular flexibility index (Phi) is 4.40. The maximum absolute atomic E-state index is 11.1. The second-order valence-electron chi connectivity index (χ2n) is 5.75. The fourth-order valence-corrected chi connectivity index (χ4v) is 3.19. The normalized spacial score (nSPS) is 31.8. The van der Waals surface area contributed by atoms with Crippen LogP contribution in [0.25, 0.3) is 0 Å². The van der Waals surface area contributed by atoms with Gasteiger partial charge in [0.1, 0.15) is 0 Å². The molecule has 4 heteroatoms. The number of carbonyl (C=O) groups is 1. The van der Waals surface area contributed by atoms with Crippen LogP contribution < -0.4 is 5.32 Å². The number of carboxylic acid groups (broad SMARTS) is 1. The second-order valence-corrected chi connectivity index (χ2v) is 5.75. The maximum Gasteiger partial charge on any atom is 0.307 e. The summed E-state index contributed by atoms with van der Waals surface area (Å²) in [7, 11) is 2.01. The lowest BCUT2D eigenvalue weighted by molar-refractivity contribution is -0.143. The van der Waals surface area contributed by atoms with Crippen LogP contribution in [0.1, 0.15) is 32.1 Å². The lowest BCUT2D eigenvalue weighted by Crippen LogP contribution is -2.50. The van der Waals surface area contributed by atoms with Gasteiger partial charge < -0.3 is 15.3 Å². The standard InChI is InChI=1S/C13H24N2O2/c1-15-8-11(13(16)17)6-12(9-15)14-7-10-4-2-3-5-10/h10-12,14H,2-9H2,1H3,(H,16,17). The Balaban J connectivity index is 1.77. The summed E-state index contributed by atoms with van der Waals surface area (Å²) in [6.07, 6.45) is 6.21. The van der Waals surface area contributed by atoms with Gasteiger partial charge in [0.2, 0.25) is 0 Å². The predicted octanol–water partition coefficient (Wildman–Crippen LogP) is 1.17. The van der Waals surface area contributed by atoms with Crippen LogP contribution in [0.4, 0.5) is 0 Å². The third kappa shape index (κ3) is 3.68. The Morgan fingerprint density at radius 2 is 2.06 bits per heavy atom. The molecule has 0 radical (unpaired) electrons. The van der Waals surface area contributed by atoms with E-state index in [1.165, 1.54) is 25.7 Å². The number of likely N-dealkylation sites (N-methyl/N-ethyl adjacent to an activating group) is 1. The molecule has 2 aliphatic rings. The minimum atomic E-state index is -0.649. The summed E-state index contributed by atoms with van der Waals surface area (Å²) in [5, 5.41) is 12.7. The van der Waals surface area contributed by atoms with Gasteiger partial charge in [0.15, 0.2) is 0 Å². The third-order valence-corrected chi connectivity index (χ3v) is 4.15. The van der Waals surface area contributed by atoms with Crippen LogP contribution in [-0.4, -0.2) is 48.7 Å². The molecule has 1 saturated carbocycles. The van der Waals surface area contributed by atoms with E-state index in [0.717, 1.165) is 25.4 Å². The van der Waals surface area contributed by atoms with Crippen LogP contribution in [0, 0.1) is 11.8 Å². The molecule has 98 valence electrons. The van der Waals surface area contributed by atoms with Gasteiger partial charge in [-0.05, 0) is 38.8 Å². The van der Waals surface area contributed by atoms with Crippen molar-refractivity contribution in [3.05, 3.63) is 0 Å². The molecule has 2 atom stereocenters. The molecule has 1 heterocycles. The van der Waals surface area contributed by atoms with Crippen LogP contribution in [0.15, 0.2) is 0 Å². The Bertz CT molecular complexity index is 264. The van der Waals surface area contributed by atoms with Crippen LogP contribution in [0.5, 0.6) is 0 Å². The Morgan fingerprint density at radius 3 is 2.71 bits per heavy atom. The average Bonchev–Trinajstić information content (AvgIpc) is 2.78. The summed E-state index contributed by atoms with van der Waals surface area (Å²) in [4.78, 5) is 13.2. The smallest absolute Gasteiger partial charge is 0.307 e. The SMILES string of the molecule is CN1CC(NCC2CCCC2)CC(C(=O)O)C1. The topological polar surface area (TPSA) is 52.6 Å². The molecule has 2 N–H and O–H groups in total. The summed E-state index contributed by atoms with van der Waals surface area (Å²) in [5.74, 6) is -0.0236. The van der Waals surface area contributed by atoms with Gasteiger partial charge in [-0.25, -0.2) is 0 Å². The molecule has 0 spiro atoms. The van der Waals surface area contributed by atoms with Crippen molar-refractivity contribution in [3.8, 4) is 0 Å². The highest BCUT2D eigenvalue weighted by Gasteiger charge is 2.30. The molecule has 17 heavy (non-hydrogen) atoms. The lowest BCUT2D eigenvalue weighted by Gasteiger charge is -2.34. The van der Waals surface area contributed by atoms with Gasteiger partial charge in [-0.1, -0.05) is 12.8 Å². The zero-order valence-electron chi connectivity index (χ0n) is 10.7. The van der Waals surface area contributed by atoms with Gasteiger partial charge in [0.25, 0.3) is 0 Å². The summed E-state index contributed by atoms with van der Waals surface area (Å²) in [5.41, 5.74) is 0. The molecule has 2 unspecified atom stereocenters. The van der Waals surface area contributed by atoms with E-state index in [1.807, 2.05) is 7.05 Å². The second kappa shape index (κ2) is 5.83. The number of carboxylic acids is 1. The molecule has 1 saturated heterocycles. The van der Waals surface area contributed by atoms with Gasteiger partial charge in [-0.2, -0.15) is 0 Å². The first-order valence-corrected chi connectivity index (χ1v) is 6.80. The first-order chi connectivity index (χ1) is 8.15. The van der Waals surface area contributed by atoms with Crippen molar-refractivity contribution in [2.24, 2.45) is 11.8 Å². The van der Waals surface area contributed by atoms with Gasteiger partial charge in [0, 0.05) is 19.1 Å². The van der Waals surface area contributed by atoms with Crippen LogP contribution in [0.3, 0.4) is 0 Å². The fourth-order valence-electron chi connectivity index (χ4n) is 3.19. The molecule has 1 aliphatic carbocycles. The molecule has 0 bridgehead atoms. The van der Waals surface area contributed by atoms with Gasteiger partial charge in [-0.15, -0.1) is 0 Å². The van der Waals surface area contributed by atoms with E-state index in [-0.39, 0.29) is 5.92 Å². The monoisotopic (exact) mass is 240 g/mol. The number of rotatable bonds is 4. The van der Waals surface area contributed by atoms with Gasteiger partial charge in [-0.3, -0.25) is 4.79 Å². The highest BCUT2D eigenvalue weighted by molar-refractivity contribution is 5.70. The maximum atomic E-state index is 11.1. The van der Waals surface area contributed by atoms with E-state index >= 15 is 0 Å². The van der Waals surface area contributed by atoms with Crippen LogP contribution in [-0.2, 0) is 4.79 Å². The lowest BCUT2D eigenvalue weighted by atomic mass is 9.94. The minimum absolute atomic E-state index is 0.199. The van der Waals surface area contributed by atoms with Crippen LogP contribution >= 0.6 is 0 Å². The number of piperidine rings is 1. The summed E-state index contributed by atoms with van der Waals surface area (Å²) in [6.45, 7) is 2.75. The predicted molar refractivity (Wildman–Crippen MR) is 67.0 cm³/mol. The Morgan fingerprint density at radius 1 is 1.35 bits per heavy atom. The molecule has 2 fully saturated rings. The number of nitrogens with one attached hydrogen (secondary N) is 1. The number of nitrogens with zero attached hydrogens (tertiary/aromatic N) is 1. The highest BCUT2D eigenvalue weighted by Crippen LogP contribution is 2.24. The van der Waals surface area contributed by atoms with Crippen molar-refractivity contribution in [3.63, 3.8) is 0 Å². The Labute approximate surface area is 103 Å². The van der Waals surface area contributed by atoms with Gasteiger partial charge in [0.05, 0.1) is 5.92 Å². The van der Waals surface area contributed by atoms with Crippen molar-refractivity contribution in [2.75, 3.05) is 26.7 Å². The van der Waals surface area contributed by atoms with E-state index < -0.39 is 5.97 Å². The number of likely N-dealkylation sites (tertiary alicyclic amines) is 1. The molecule has 0 aromatic carbocycles. The largest absolute Gasteiger partial charge is 0.481 e. The molecule has 0 aromatic heterocycles. The molecular weight excluding hydrogens is 216 g/mol. The molecule has 1 aliphatic heterocycles. The van der Waals surface area contributed by atoms with Crippen molar-refractivity contribution < 1.29 is 9.90 Å². The highest BCUT2D eigenvalue weighted by atomic mass is 16.4. The molecule has 2 rings (SSSR count). The minimum Gasteiger partial charge on any atom is -0.481 e. The fraction of sp³-hybridized carbons (Fsp3) is 0.923. The van der Waals surface area contributed by atoms with Gasteiger partial charge >= 0.3 is 5.97 Å². The van der Waals surface area contributed by atoms with E-state index in [2.05, 4.69) is 10.2 Å². The molecule has 0 aromatic rings. The van der Waals surface area contributed by atoms with Crippen LogP contribution in [0.2, 0.25) is 0 Å². The van der Waals surface area contributed by atoms with E-state index in [1.54, 1.807) is 0 Å². The van der Waals surface area contributed by atoms with Crippen molar-refractivity contribution in [2.45, 2.75) is 38.1 Å². The molecular formula is C13H24N2O2. The summed E-state index contributed by atoms with van der Waals surface area (Å²) >= 11 is 0. The number of aliphatic carboxylic acids is 1. The molecule has 0 amide bonds. The first kappa shape index (κ1) is 12.8. The quantitative estimate of drug-likeness (QED) is 0.774. The van der Waals surface area contributed by atoms with E-state index in [9.17, 15) is 4.79 Å². The van der Waals surface area contributed by atoms with Crippen molar-refractivity contribution >= 4 is 5.97 Å². The first-order valence-electron chi connectivity index (χ1n) is 6.80. The van der Waals surface area contributed by atoms with E-state index in [0.29, 0.717) is 12.6 Å². The average molecular weight is 240 g/mol. The number of hydrogen-bond acceptors (Lipinski definition) is 3. The number of hydrogen-bond donors (Lipinski definition) is 2. The summed E-state index contributed by atoms with van der Waals surface area (Å²) < 4.78 is 0. The Hall–Kier alpha value is -0.610. The molecule has 4 nitrogen and oxygen atoms in total. The van der Waals surface area contributed by atoms with Crippen molar-refractivity contribution in [1.29, 1.82) is 0 Å².